The summed E-state index contributed by atoms with van der Waals surface area (Å²) in [5, 5.41) is 2.58. The highest BCUT2D eigenvalue weighted by atomic mass is 32.1. The molecule has 1 N–H and O–H groups in total. The molecule has 0 radical (unpaired) electrons. The largest absolute Gasteiger partial charge is 0.497 e. The Labute approximate surface area is 196 Å². The Bertz CT molecular complexity index is 1300. The van der Waals surface area contributed by atoms with Crippen molar-refractivity contribution in [1.82, 2.24) is 14.9 Å². The Morgan fingerprint density at radius 2 is 1.88 bits per heavy atom. The van der Waals surface area contributed by atoms with Crippen LogP contribution in [0.25, 0.3) is 11.8 Å². The number of nitrogens with zero attached hydrogens (tertiary/aromatic N) is 3. The number of ether oxygens (including phenoxy) is 2. The Morgan fingerprint density at radius 3 is 2.55 bits per heavy atom. The molecule has 0 saturated carbocycles. The van der Waals surface area contributed by atoms with Crippen molar-refractivity contribution >= 4 is 40.9 Å². The zero-order chi connectivity index (χ0) is 23.7. The molecule has 4 rings (SSSR count). The number of rotatable bonds is 5. The van der Waals surface area contributed by atoms with Crippen LogP contribution in [0.1, 0.15) is 17.0 Å². The first-order valence-electron chi connectivity index (χ1n) is 10.1. The third-order valence-electron chi connectivity index (χ3n) is 5.40. The van der Waals surface area contributed by atoms with E-state index >= 15 is 0 Å². The quantitative estimate of drug-likeness (QED) is 0.356. The van der Waals surface area contributed by atoms with Crippen molar-refractivity contribution in [2.24, 2.45) is 0 Å². The number of aromatic nitrogens is 2. The number of anilines is 1. The summed E-state index contributed by atoms with van der Waals surface area (Å²) < 4.78 is 12.7. The van der Waals surface area contributed by atoms with Gasteiger partial charge in [0.05, 0.1) is 31.8 Å². The highest BCUT2D eigenvalue weighted by Crippen LogP contribution is 2.34. The fraction of sp³-hybridized carbons (Fsp3) is 0.167. The summed E-state index contributed by atoms with van der Waals surface area (Å²) in [5.41, 5.74) is 3.81. The zero-order valence-corrected chi connectivity index (χ0v) is 19.4. The van der Waals surface area contributed by atoms with Gasteiger partial charge < -0.3 is 14.0 Å². The van der Waals surface area contributed by atoms with Crippen molar-refractivity contribution in [2.75, 3.05) is 19.1 Å². The number of pyridine rings is 1. The van der Waals surface area contributed by atoms with Crippen LogP contribution < -0.4 is 19.7 Å². The van der Waals surface area contributed by atoms with Gasteiger partial charge in [-0.25, -0.2) is 4.90 Å². The minimum absolute atomic E-state index is 0.0218. The lowest BCUT2D eigenvalue weighted by Crippen LogP contribution is -2.54. The molecule has 0 unspecified atom stereocenters. The smallest absolute Gasteiger partial charge is 0.270 e. The zero-order valence-electron chi connectivity index (χ0n) is 18.6. The maximum absolute atomic E-state index is 13.5. The van der Waals surface area contributed by atoms with E-state index in [9.17, 15) is 9.59 Å². The molecule has 3 aromatic rings. The summed E-state index contributed by atoms with van der Waals surface area (Å²) in [6.45, 7) is 3.88. The van der Waals surface area contributed by atoms with Crippen LogP contribution in [0.2, 0.25) is 0 Å². The van der Waals surface area contributed by atoms with E-state index in [1.807, 2.05) is 36.6 Å². The molecule has 0 spiro atoms. The van der Waals surface area contributed by atoms with Crippen LogP contribution in [0, 0.1) is 13.8 Å². The van der Waals surface area contributed by atoms with Gasteiger partial charge in [-0.15, -0.1) is 0 Å². The SMILES string of the molecule is COc1ccc(N2C(=O)/C(=C/c3cc(C)n(-c4cccnc4)c3C)C(=O)NC2=S)c(OC)c1. The lowest BCUT2D eigenvalue weighted by molar-refractivity contribution is -0.122. The molecule has 0 bridgehead atoms. The summed E-state index contributed by atoms with van der Waals surface area (Å²) in [6.07, 6.45) is 5.04. The molecule has 3 heterocycles. The van der Waals surface area contributed by atoms with Crippen LogP contribution >= 0.6 is 12.2 Å². The van der Waals surface area contributed by atoms with Crippen molar-refractivity contribution in [3.05, 3.63) is 71.3 Å². The standard InChI is InChI=1S/C24H22N4O4S/c1-14-10-16(15(2)27(14)17-6-5-9-25-13-17)11-19-22(29)26-24(33)28(23(19)30)20-8-7-18(31-3)12-21(20)32-4/h5-13H,1-4H3,(H,26,29,33)/b19-11+. The van der Waals surface area contributed by atoms with Crippen LogP contribution in [-0.2, 0) is 9.59 Å². The van der Waals surface area contributed by atoms with Gasteiger partial charge in [0.2, 0.25) is 0 Å². The molecule has 8 nitrogen and oxygen atoms in total. The van der Waals surface area contributed by atoms with Crippen LogP contribution in [0.3, 0.4) is 0 Å². The second kappa shape index (κ2) is 8.87. The van der Waals surface area contributed by atoms with Crippen LogP contribution in [0.4, 0.5) is 5.69 Å². The van der Waals surface area contributed by atoms with E-state index < -0.39 is 11.8 Å². The topological polar surface area (TPSA) is 85.7 Å². The molecule has 0 atom stereocenters. The van der Waals surface area contributed by atoms with Crippen LogP contribution in [-0.4, -0.2) is 40.7 Å². The normalized spacial score (nSPS) is 15.1. The molecule has 1 aromatic carbocycles. The first kappa shape index (κ1) is 22.2. The summed E-state index contributed by atoms with van der Waals surface area (Å²) in [7, 11) is 3.02. The molecule has 33 heavy (non-hydrogen) atoms. The maximum atomic E-state index is 13.5. The van der Waals surface area contributed by atoms with Gasteiger partial charge in [-0.05, 0) is 68.0 Å². The van der Waals surface area contributed by atoms with E-state index in [0.29, 0.717) is 17.2 Å². The molecule has 9 heteroatoms. The molecule has 1 aliphatic rings. The van der Waals surface area contributed by atoms with Crippen molar-refractivity contribution in [3.63, 3.8) is 0 Å². The van der Waals surface area contributed by atoms with E-state index in [-0.39, 0.29) is 10.7 Å². The third-order valence-corrected chi connectivity index (χ3v) is 5.69. The second-order valence-corrected chi connectivity index (χ2v) is 7.76. The van der Waals surface area contributed by atoms with Gasteiger partial charge >= 0.3 is 0 Å². The number of carbonyl (C=O) groups is 2. The van der Waals surface area contributed by atoms with E-state index in [4.69, 9.17) is 21.7 Å². The number of amides is 2. The first-order chi connectivity index (χ1) is 15.8. The molecule has 2 amide bonds. The molecule has 1 aliphatic heterocycles. The number of carbonyl (C=O) groups excluding carboxylic acids is 2. The van der Waals surface area contributed by atoms with Crippen molar-refractivity contribution in [2.45, 2.75) is 13.8 Å². The molecule has 2 aromatic heterocycles. The summed E-state index contributed by atoms with van der Waals surface area (Å²) in [4.78, 5) is 31.6. The van der Waals surface area contributed by atoms with Gasteiger partial charge in [0, 0.05) is 23.7 Å². The van der Waals surface area contributed by atoms with Crippen LogP contribution in [0.15, 0.2) is 54.4 Å². The van der Waals surface area contributed by atoms with Gasteiger partial charge in [-0.3, -0.25) is 19.9 Å². The molecule has 0 aliphatic carbocycles. The summed E-state index contributed by atoms with van der Waals surface area (Å²) >= 11 is 5.31. The lowest BCUT2D eigenvalue weighted by atomic mass is 10.1. The molecule has 1 fully saturated rings. The van der Waals surface area contributed by atoms with Gasteiger partial charge in [0.25, 0.3) is 11.8 Å². The van der Waals surface area contributed by atoms with Gasteiger partial charge in [-0.2, -0.15) is 0 Å². The van der Waals surface area contributed by atoms with E-state index in [1.54, 1.807) is 36.7 Å². The van der Waals surface area contributed by atoms with Gasteiger partial charge in [0.1, 0.15) is 17.1 Å². The van der Waals surface area contributed by atoms with E-state index in [0.717, 1.165) is 22.6 Å². The molecular formula is C24H22N4O4S. The third kappa shape index (κ3) is 3.98. The Hall–Kier alpha value is -3.98. The van der Waals surface area contributed by atoms with Crippen molar-refractivity contribution in [1.29, 1.82) is 0 Å². The molecule has 168 valence electrons. The molecule has 1 saturated heterocycles. The highest BCUT2D eigenvalue weighted by molar-refractivity contribution is 7.80. The predicted molar refractivity (Wildman–Crippen MR) is 129 cm³/mol. The fourth-order valence-corrected chi connectivity index (χ4v) is 4.09. The Kier molecular flexibility index (Phi) is 5.97. The van der Waals surface area contributed by atoms with E-state index in [1.165, 1.54) is 19.1 Å². The average molecular weight is 463 g/mol. The van der Waals surface area contributed by atoms with Gasteiger partial charge in [0.15, 0.2) is 5.11 Å². The number of benzene rings is 1. The van der Waals surface area contributed by atoms with Crippen molar-refractivity contribution in [3.8, 4) is 17.2 Å². The fourth-order valence-electron chi connectivity index (χ4n) is 3.82. The van der Waals surface area contributed by atoms with E-state index in [2.05, 4.69) is 10.3 Å². The number of thiocarbonyl (C=S) groups is 1. The minimum Gasteiger partial charge on any atom is -0.497 e. The summed E-state index contributed by atoms with van der Waals surface area (Å²) in [5.74, 6) is -0.151. The molecular weight excluding hydrogens is 440 g/mol. The lowest BCUT2D eigenvalue weighted by Gasteiger charge is -2.30. The Balaban J connectivity index is 1.77. The monoisotopic (exact) mass is 462 g/mol. The van der Waals surface area contributed by atoms with Gasteiger partial charge in [-0.1, -0.05) is 0 Å². The number of aryl methyl sites for hydroxylation is 1. The number of nitrogens with one attached hydrogen (secondary N) is 1. The number of methoxy groups -OCH3 is 2. The predicted octanol–water partition coefficient (Wildman–Crippen LogP) is 3.34. The minimum atomic E-state index is -0.556. The second-order valence-electron chi connectivity index (χ2n) is 7.37. The highest BCUT2D eigenvalue weighted by Gasteiger charge is 2.36. The van der Waals surface area contributed by atoms with Crippen LogP contribution in [0.5, 0.6) is 11.5 Å². The number of hydrogen-bond acceptors (Lipinski definition) is 6. The first-order valence-corrected chi connectivity index (χ1v) is 10.5. The Morgan fingerprint density at radius 1 is 1.09 bits per heavy atom. The average Bonchev–Trinajstić information content (AvgIpc) is 3.09. The maximum Gasteiger partial charge on any atom is 0.270 e. The van der Waals surface area contributed by atoms with Crippen molar-refractivity contribution < 1.29 is 19.1 Å². The summed E-state index contributed by atoms with van der Waals surface area (Å²) in [6, 6.07) is 10.7. The number of hydrogen-bond donors (Lipinski definition) is 1.